The summed E-state index contributed by atoms with van der Waals surface area (Å²) < 4.78 is 1.26. The molecule has 0 saturated heterocycles. The molecule has 0 aliphatic carbocycles. The number of nitrogens with one attached hydrogen (secondary N) is 1. The Morgan fingerprint density at radius 2 is 1.90 bits per heavy atom. The molecule has 3 rings (SSSR count). The van der Waals surface area contributed by atoms with Crippen LogP contribution in [0.15, 0.2) is 60.8 Å². The Hall–Kier alpha value is -1.46. The zero-order valence-electron chi connectivity index (χ0n) is 11.9. The number of hydrogen-bond donors (Lipinski definition) is 1. The first-order chi connectivity index (χ1) is 10.3. The quantitative estimate of drug-likeness (QED) is 0.664. The number of pyridine rings is 1. The molecule has 106 valence electrons. The van der Waals surface area contributed by atoms with Gasteiger partial charge in [-0.2, -0.15) is 0 Å². The summed E-state index contributed by atoms with van der Waals surface area (Å²) in [6.07, 6.45) is 1.85. The fraction of sp³-hybridized carbons (Fsp3) is 0.167. The van der Waals surface area contributed by atoms with Gasteiger partial charge in [0.05, 0.1) is 11.6 Å². The van der Waals surface area contributed by atoms with Gasteiger partial charge in [0.25, 0.3) is 0 Å². The fourth-order valence-corrected chi connectivity index (χ4v) is 3.15. The molecule has 1 aromatic heterocycles. The lowest BCUT2D eigenvalue weighted by molar-refractivity contribution is 0.631. The Kier molecular flexibility index (Phi) is 4.51. The molecule has 1 atom stereocenters. The van der Waals surface area contributed by atoms with Gasteiger partial charge in [0.15, 0.2) is 0 Å². The zero-order chi connectivity index (χ0) is 14.7. The molecule has 0 spiro atoms. The predicted octanol–water partition coefficient (Wildman–Crippen LogP) is 4.54. The van der Waals surface area contributed by atoms with Gasteiger partial charge in [-0.15, -0.1) is 0 Å². The first-order valence-corrected chi connectivity index (χ1v) is 8.19. The topological polar surface area (TPSA) is 24.9 Å². The number of rotatable bonds is 4. The molecule has 0 aliphatic heterocycles. The van der Waals surface area contributed by atoms with E-state index in [4.69, 9.17) is 0 Å². The summed E-state index contributed by atoms with van der Waals surface area (Å²) in [5.74, 6) is 0. The summed E-state index contributed by atoms with van der Waals surface area (Å²) >= 11 is 2.36. The highest BCUT2D eigenvalue weighted by Crippen LogP contribution is 2.25. The van der Waals surface area contributed by atoms with Crippen molar-refractivity contribution in [1.82, 2.24) is 10.3 Å². The van der Waals surface area contributed by atoms with Crippen molar-refractivity contribution < 1.29 is 0 Å². The highest BCUT2D eigenvalue weighted by Gasteiger charge is 2.13. The fourth-order valence-electron chi connectivity index (χ4n) is 2.58. The third-order valence-electron chi connectivity index (χ3n) is 3.55. The lowest BCUT2D eigenvalue weighted by atomic mass is 9.97. The van der Waals surface area contributed by atoms with Crippen LogP contribution in [0.3, 0.4) is 0 Å². The average molecular weight is 388 g/mol. The summed E-state index contributed by atoms with van der Waals surface area (Å²) in [6.45, 7) is 3.07. The molecular weight excluding hydrogens is 371 g/mol. The Morgan fingerprint density at radius 1 is 1.05 bits per heavy atom. The maximum absolute atomic E-state index is 4.47. The zero-order valence-corrected chi connectivity index (χ0v) is 14.0. The largest absolute Gasteiger partial charge is 0.307 e. The van der Waals surface area contributed by atoms with Crippen molar-refractivity contribution in [2.75, 3.05) is 6.54 Å². The van der Waals surface area contributed by atoms with E-state index in [0.717, 1.165) is 12.1 Å². The van der Waals surface area contributed by atoms with E-state index in [9.17, 15) is 0 Å². The summed E-state index contributed by atoms with van der Waals surface area (Å²) in [5.41, 5.74) is 3.59. The van der Waals surface area contributed by atoms with Crippen molar-refractivity contribution in [3.8, 4) is 0 Å². The molecule has 3 aromatic rings. The van der Waals surface area contributed by atoms with Crippen molar-refractivity contribution in [2.24, 2.45) is 0 Å². The van der Waals surface area contributed by atoms with E-state index in [0.29, 0.717) is 0 Å². The lowest BCUT2D eigenvalue weighted by Crippen LogP contribution is -2.22. The summed E-state index contributed by atoms with van der Waals surface area (Å²) in [5, 5.41) is 4.76. The van der Waals surface area contributed by atoms with Crippen molar-refractivity contribution in [3.63, 3.8) is 0 Å². The second-order valence-electron chi connectivity index (χ2n) is 5.00. The number of aromatic nitrogens is 1. The van der Waals surface area contributed by atoms with Crippen LogP contribution in [0.1, 0.15) is 24.1 Å². The molecular formula is C18H17IN2. The van der Waals surface area contributed by atoms with E-state index < -0.39 is 0 Å². The third kappa shape index (κ3) is 3.24. The van der Waals surface area contributed by atoms with Gasteiger partial charge in [0, 0.05) is 15.2 Å². The Morgan fingerprint density at radius 3 is 2.71 bits per heavy atom. The standard InChI is InChI=1S/C18H17IN2/c1-2-20-18(14-5-3-7-16(19)11-14)15-9-8-13-6-4-10-21-17(13)12-15/h3-12,18,20H,2H2,1H3. The molecule has 1 unspecified atom stereocenters. The molecule has 2 nitrogen and oxygen atoms in total. The first kappa shape index (κ1) is 14.5. The van der Waals surface area contributed by atoms with Crippen molar-refractivity contribution in [1.29, 1.82) is 0 Å². The molecule has 1 heterocycles. The average Bonchev–Trinajstić information content (AvgIpc) is 2.52. The number of benzene rings is 2. The molecule has 1 N–H and O–H groups in total. The Labute approximate surface area is 138 Å². The highest BCUT2D eigenvalue weighted by atomic mass is 127. The van der Waals surface area contributed by atoms with Crippen LogP contribution in [-0.4, -0.2) is 11.5 Å². The molecule has 0 fully saturated rings. The van der Waals surface area contributed by atoms with Gasteiger partial charge < -0.3 is 5.32 Å². The maximum atomic E-state index is 4.47. The molecule has 0 radical (unpaired) electrons. The van der Waals surface area contributed by atoms with E-state index in [1.807, 2.05) is 12.3 Å². The second kappa shape index (κ2) is 6.54. The van der Waals surface area contributed by atoms with Crippen LogP contribution < -0.4 is 5.32 Å². The second-order valence-corrected chi connectivity index (χ2v) is 6.25. The highest BCUT2D eigenvalue weighted by molar-refractivity contribution is 14.1. The van der Waals surface area contributed by atoms with Gasteiger partial charge in [0.1, 0.15) is 0 Å². The predicted molar refractivity (Wildman–Crippen MR) is 96.4 cm³/mol. The van der Waals surface area contributed by atoms with Gasteiger partial charge in [-0.1, -0.05) is 37.3 Å². The minimum absolute atomic E-state index is 0.205. The van der Waals surface area contributed by atoms with Crippen LogP contribution in [0.4, 0.5) is 0 Å². The van der Waals surface area contributed by atoms with Crippen LogP contribution >= 0.6 is 22.6 Å². The monoisotopic (exact) mass is 388 g/mol. The van der Waals surface area contributed by atoms with Crippen molar-refractivity contribution in [2.45, 2.75) is 13.0 Å². The van der Waals surface area contributed by atoms with E-state index in [1.54, 1.807) is 0 Å². The lowest BCUT2D eigenvalue weighted by Gasteiger charge is -2.19. The van der Waals surface area contributed by atoms with E-state index >= 15 is 0 Å². The van der Waals surface area contributed by atoms with Crippen LogP contribution in [-0.2, 0) is 0 Å². The summed E-state index contributed by atoms with van der Waals surface area (Å²) in [4.78, 5) is 4.47. The van der Waals surface area contributed by atoms with Crippen LogP contribution in [0.25, 0.3) is 10.9 Å². The van der Waals surface area contributed by atoms with E-state index in [2.05, 4.69) is 88.3 Å². The number of halogens is 1. The summed E-state index contributed by atoms with van der Waals surface area (Å²) in [6, 6.07) is 19.4. The Bertz CT molecular complexity index is 755. The van der Waals surface area contributed by atoms with Crippen LogP contribution in [0.5, 0.6) is 0 Å². The molecule has 0 saturated carbocycles. The van der Waals surface area contributed by atoms with Crippen LogP contribution in [0.2, 0.25) is 0 Å². The Balaban J connectivity index is 2.06. The molecule has 0 aliphatic rings. The molecule has 0 amide bonds. The minimum atomic E-state index is 0.205. The molecule has 21 heavy (non-hydrogen) atoms. The summed E-state index contributed by atoms with van der Waals surface area (Å²) in [7, 11) is 0. The molecule has 3 heteroatoms. The van der Waals surface area contributed by atoms with Gasteiger partial charge in [-0.05, 0) is 64.5 Å². The smallest absolute Gasteiger partial charge is 0.0705 e. The van der Waals surface area contributed by atoms with Gasteiger partial charge in [0.2, 0.25) is 0 Å². The number of nitrogens with zero attached hydrogens (tertiary/aromatic N) is 1. The minimum Gasteiger partial charge on any atom is -0.307 e. The molecule has 0 bridgehead atoms. The van der Waals surface area contributed by atoms with Gasteiger partial charge in [-0.3, -0.25) is 4.98 Å². The maximum Gasteiger partial charge on any atom is 0.0705 e. The van der Waals surface area contributed by atoms with Crippen molar-refractivity contribution >= 4 is 33.5 Å². The van der Waals surface area contributed by atoms with Crippen molar-refractivity contribution in [3.05, 3.63) is 75.5 Å². The normalized spacial score (nSPS) is 12.5. The van der Waals surface area contributed by atoms with Crippen LogP contribution in [0, 0.1) is 3.57 Å². The van der Waals surface area contributed by atoms with Gasteiger partial charge in [-0.25, -0.2) is 0 Å². The third-order valence-corrected chi connectivity index (χ3v) is 4.22. The SMILES string of the molecule is CCNC(c1cccc(I)c1)c1ccc2cccnc2c1. The number of fused-ring (bicyclic) bond motifs is 1. The van der Waals surface area contributed by atoms with E-state index in [1.165, 1.54) is 20.1 Å². The van der Waals surface area contributed by atoms with Gasteiger partial charge >= 0.3 is 0 Å². The van der Waals surface area contributed by atoms with E-state index in [-0.39, 0.29) is 6.04 Å². The first-order valence-electron chi connectivity index (χ1n) is 7.11. The number of hydrogen-bond acceptors (Lipinski definition) is 2. The molecule has 2 aromatic carbocycles.